The lowest BCUT2D eigenvalue weighted by atomic mass is 10.1. The summed E-state index contributed by atoms with van der Waals surface area (Å²) in [4.78, 5) is 0. The summed E-state index contributed by atoms with van der Waals surface area (Å²) in [5.41, 5.74) is 2.61. The molecule has 0 fully saturated rings. The van der Waals surface area contributed by atoms with E-state index < -0.39 is 0 Å². The summed E-state index contributed by atoms with van der Waals surface area (Å²) in [5.74, 6) is 0. The largest absolute Gasteiger partial charge is 0.192 e. The van der Waals surface area contributed by atoms with E-state index in [1.165, 1.54) is 0 Å². The molecule has 0 spiro atoms. The standard InChI is InChI=1S/C11H7N3/c12-7-9-2-1-3-10(6-9)11-4-5-13-14-8-11/h1-6,8H. The van der Waals surface area contributed by atoms with Crippen molar-refractivity contribution in [1.82, 2.24) is 10.2 Å². The van der Waals surface area contributed by atoms with Crippen LogP contribution in [-0.2, 0) is 0 Å². The third kappa shape index (κ3) is 1.59. The van der Waals surface area contributed by atoms with Crippen LogP contribution in [0.4, 0.5) is 0 Å². The van der Waals surface area contributed by atoms with Crippen LogP contribution in [0.25, 0.3) is 11.1 Å². The van der Waals surface area contributed by atoms with Crippen LogP contribution in [0.5, 0.6) is 0 Å². The Morgan fingerprint density at radius 2 is 2.00 bits per heavy atom. The van der Waals surface area contributed by atoms with Gasteiger partial charge in [-0.15, -0.1) is 0 Å². The molecule has 0 unspecified atom stereocenters. The highest BCUT2D eigenvalue weighted by Gasteiger charge is 1.97. The molecule has 0 radical (unpaired) electrons. The maximum atomic E-state index is 8.73. The second-order valence-electron chi connectivity index (χ2n) is 2.82. The lowest BCUT2D eigenvalue weighted by Gasteiger charge is -1.99. The van der Waals surface area contributed by atoms with Gasteiger partial charge in [-0.05, 0) is 23.8 Å². The van der Waals surface area contributed by atoms with E-state index in [0.717, 1.165) is 11.1 Å². The maximum Gasteiger partial charge on any atom is 0.0991 e. The van der Waals surface area contributed by atoms with Crippen molar-refractivity contribution in [1.29, 1.82) is 5.26 Å². The molecule has 0 aliphatic rings. The first-order valence-electron chi connectivity index (χ1n) is 4.17. The van der Waals surface area contributed by atoms with E-state index in [1.54, 1.807) is 18.5 Å². The number of rotatable bonds is 1. The van der Waals surface area contributed by atoms with Crippen LogP contribution >= 0.6 is 0 Å². The molecule has 0 atom stereocenters. The lowest BCUT2D eigenvalue weighted by molar-refractivity contribution is 1.03. The summed E-state index contributed by atoms with van der Waals surface area (Å²) < 4.78 is 0. The van der Waals surface area contributed by atoms with Gasteiger partial charge in [0.25, 0.3) is 0 Å². The molecular formula is C11H7N3. The van der Waals surface area contributed by atoms with Crippen molar-refractivity contribution in [2.45, 2.75) is 0 Å². The average molecular weight is 181 g/mol. The SMILES string of the molecule is N#Cc1cccc(-c2ccnnc2)c1. The second kappa shape index (κ2) is 3.67. The molecule has 3 nitrogen and oxygen atoms in total. The van der Waals surface area contributed by atoms with E-state index >= 15 is 0 Å². The Kier molecular flexibility index (Phi) is 2.20. The van der Waals surface area contributed by atoms with Crippen LogP contribution in [-0.4, -0.2) is 10.2 Å². The first-order chi connectivity index (χ1) is 6.90. The minimum absolute atomic E-state index is 0.652. The van der Waals surface area contributed by atoms with Gasteiger partial charge in [0.1, 0.15) is 0 Å². The Morgan fingerprint density at radius 3 is 2.71 bits per heavy atom. The number of aromatic nitrogens is 2. The first-order valence-corrected chi connectivity index (χ1v) is 4.17. The number of hydrogen-bond acceptors (Lipinski definition) is 3. The molecule has 2 aromatic rings. The molecule has 14 heavy (non-hydrogen) atoms. The fourth-order valence-electron chi connectivity index (χ4n) is 1.23. The zero-order chi connectivity index (χ0) is 9.80. The molecule has 0 N–H and O–H groups in total. The normalized spacial score (nSPS) is 9.36. The van der Waals surface area contributed by atoms with Crippen molar-refractivity contribution >= 4 is 0 Å². The molecule has 1 aromatic carbocycles. The molecule has 66 valence electrons. The van der Waals surface area contributed by atoms with E-state index in [2.05, 4.69) is 16.3 Å². The molecule has 0 saturated carbocycles. The van der Waals surface area contributed by atoms with Crippen molar-refractivity contribution in [3.05, 3.63) is 48.3 Å². The predicted molar refractivity (Wildman–Crippen MR) is 52.2 cm³/mol. The molecule has 1 heterocycles. The molecule has 1 aromatic heterocycles. The van der Waals surface area contributed by atoms with Crippen LogP contribution in [0, 0.1) is 11.3 Å². The third-order valence-corrected chi connectivity index (χ3v) is 1.91. The first kappa shape index (κ1) is 8.39. The summed E-state index contributed by atoms with van der Waals surface area (Å²) >= 11 is 0. The van der Waals surface area contributed by atoms with Gasteiger partial charge in [-0.2, -0.15) is 15.5 Å². The smallest absolute Gasteiger partial charge is 0.0991 e. The Labute approximate surface area is 81.7 Å². The van der Waals surface area contributed by atoms with Gasteiger partial charge in [0.2, 0.25) is 0 Å². The highest BCUT2D eigenvalue weighted by atomic mass is 15.1. The van der Waals surface area contributed by atoms with Gasteiger partial charge in [-0.3, -0.25) is 0 Å². The lowest BCUT2D eigenvalue weighted by Crippen LogP contribution is -1.83. The van der Waals surface area contributed by atoms with Crippen molar-refractivity contribution in [2.24, 2.45) is 0 Å². The average Bonchev–Trinajstić information content (AvgIpc) is 2.30. The van der Waals surface area contributed by atoms with Crippen molar-refractivity contribution in [3.8, 4) is 17.2 Å². The fraction of sp³-hybridized carbons (Fsp3) is 0. The van der Waals surface area contributed by atoms with Gasteiger partial charge >= 0.3 is 0 Å². The second-order valence-corrected chi connectivity index (χ2v) is 2.82. The van der Waals surface area contributed by atoms with Crippen LogP contribution < -0.4 is 0 Å². The van der Waals surface area contributed by atoms with E-state index in [9.17, 15) is 0 Å². The Morgan fingerprint density at radius 1 is 1.07 bits per heavy atom. The van der Waals surface area contributed by atoms with Crippen molar-refractivity contribution in [3.63, 3.8) is 0 Å². The Balaban J connectivity index is 2.49. The zero-order valence-electron chi connectivity index (χ0n) is 7.38. The molecule has 0 saturated heterocycles. The number of nitrogens with zero attached hydrogens (tertiary/aromatic N) is 3. The van der Waals surface area contributed by atoms with Crippen LogP contribution in [0.15, 0.2) is 42.7 Å². The quantitative estimate of drug-likeness (QED) is 0.676. The van der Waals surface area contributed by atoms with Gasteiger partial charge in [-0.25, -0.2) is 0 Å². The summed E-state index contributed by atoms with van der Waals surface area (Å²) in [5, 5.41) is 16.2. The van der Waals surface area contributed by atoms with Gasteiger partial charge in [0.05, 0.1) is 24.0 Å². The molecular weight excluding hydrogens is 174 g/mol. The summed E-state index contributed by atoms with van der Waals surface area (Å²) in [6.45, 7) is 0. The minimum atomic E-state index is 0.652. The van der Waals surface area contributed by atoms with Crippen LogP contribution in [0.2, 0.25) is 0 Å². The minimum Gasteiger partial charge on any atom is -0.192 e. The Hall–Kier alpha value is -2.21. The number of benzene rings is 1. The Bertz CT molecular complexity index is 471. The number of hydrogen-bond donors (Lipinski definition) is 0. The predicted octanol–water partition coefficient (Wildman–Crippen LogP) is 2.02. The van der Waals surface area contributed by atoms with Gasteiger partial charge in [0, 0.05) is 5.56 Å². The van der Waals surface area contributed by atoms with E-state index in [0.29, 0.717) is 5.56 Å². The summed E-state index contributed by atoms with van der Waals surface area (Å²) in [6, 6.07) is 11.4. The molecule has 3 heteroatoms. The van der Waals surface area contributed by atoms with Crippen molar-refractivity contribution < 1.29 is 0 Å². The van der Waals surface area contributed by atoms with Gasteiger partial charge in [0.15, 0.2) is 0 Å². The molecule has 0 aliphatic carbocycles. The fourth-order valence-corrected chi connectivity index (χ4v) is 1.23. The third-order valence-electron chi connectivity index (χ3n) is 1.91. The van der Waals surface area contributed by atoms with Crippen LogP contribution in [0.1, 0.15) is 5.56 Å². The summed E-state index contributed by atoms with van der Waals surface area (Å²) in [7, 11) is 0. The zero-order valence-corrected chi connectivity index (χ0v) is 7.38. The van der Waals surface area contributed by atoms with Gasteiger partial charge in [-0.1, -0.05) is 12.1 Å². The molecule has 2 rings (SSSR count). The monoisotopic (exact) mass is 181 g/mol. The van der Waals surface area contributed by atoms with Crippen molar-refractivity contribution in [2.75, 3.05) is 0 Å². The van der Waals surface area contributed by atoms with E-state index in [4.69, 9.17) is 5.26 Å². The highest BCUT2D eigenvalue weighted by molar-refractivity contribution is 5.63. The van der Waals surface area contributed by atoms with E-state index in [1.807, 2.05) is 24.3 Å². The maximum absolute atomic E-state index is 8.73. The van der Waals surface area contributed by atoms with Crippen LogP contribution in [0.3, 0.4) is 0 Å². The topological polar surface area (TPSA) is 49.6 Å². The number of nitriles is 1. The molecule has 0 amide bonds. The highest BCUT2D eigenvalue weighted by Crippen LogP contribution is 2.17. The van der Waals surface area contributed by atoms with E-state index in [-0.39, 0.29) is 0 Å². The molecule has 0 bridgehead atoms. The summed E-state index contributed by atoms with van der Waals surface area (Å²) in [6.07, 6.45) is 3.31. The molecule has 0 aliphatic heterocycles. The van der Waals surface area contributed by atoms with Gasteiger partial charge < -0.3 is 0 Å².